The molecule has 88 valence electrons. The topological polar surface area (TPSA) is 0 Å². The Morgan fingerprint density at radius 2 is 1.80 bits per heavy atom. The van der Waals surface area contributed by atoms with Gasteiger partial charge in [-0.25, -0.2) is 0 Å². The van der Waals surface area contributed by atoms with Crippen LogP contribution in [0.15, 0.2) is 23.3 Å². The van der Waals surface area contributed by atoms with Gasteiger partial charge >= 0.3 is 0 Å². The molecule has 0 aromatic carbocycles. The van der Waals surface area contributed by atoms with E-state index in [1.165, 1.54) is 43.3 Å². The van der Waals surface area contributed by atoms with E-state index in [2.05, 4.69) is 46.8 Å². The maximum Gasteiger partial charge on any atom is -0.0323 e. The summed E-state index contributed by atoms with van der Waals surface area (Å²) in [4.78, 5) is 0. The van der Waals surface area contributed by atoms with Gasteiger partial charge in [-0.2, -0.15) is 0 Å². The molecule has 1 atom stereocenters. The minimum absolute atomic E-state index is 0.880. The lowest BCUT2D eigenvalue weighted by Gasteiger charge is -2.09. The van der Waals surface area contributed by atoms with Crippen molar-refractivity contribution in [2.24, 2.45) is 5.92 Å². The Hall–Kier alpha value is -0.520. The SMILES string of the molecule is C/C=C(\C)CCCC(C)CCC=C(C)C. The maximum absolute atomic E-state index is 2.38. The van der Waals surface area contributed by atoms with Crippen LogP contribution >= 0.6 is 0 Å². The van der Waals surface area contributed by atoms with Crippen molar-refractivity contribution in [3.05, 3.63) is 23.3 Å². The van der Waals surface area contributed by atoms with E-state index in [0.29, 0.717) is 0 Å². The zero-order chi connectivity index (χ0) is 11.7. The molecule has 0 heterocycles. The van der Waals surface area contributed by atoms with Crippen molar-refractivity contribution in [2.45, 2.75) is 66.7 Å². The normalized spacial score (nSPS) is 13.8. The third kappa shape index (κ3) is 9.78. The quantitative estimate of drug-likeness (QED) is 0.484. The molecule has 0 spiro atoms. The highest BCUT2D eigenvalue weighted by Gasteiger charge is 2.00. The van der Waals surface area contributed by atoms with Gasteiger partial charge in [-0.05, 0) is 59.3 Å². The van der Waals surface area contributed by atoms with Gasteiger partial charge in [0.2, 0.25) is 0 Å². The fourth-order valence-electron chi connectivity index (χ4n) is 1.67. The van der Waals surface area contributed by atoms with Crippen molar-refractivity contribution >= 4 is 0 Å². The first-order valence-electron chi connectivity index (χ1n) is 6.31. The molecule has 0 radical (unpaired) electrons. The fraction of sp³-hybridized carbons (Fsp3) is 0.733. The Morgan fingerprint density at radius 3 is 2.33 bits per heavy atom. The fourth-order valence-corrected chi connectivity index (χ4v) is 1.67. The Labute approximate surface area is 96.5 Å². The van der Waals surface area contributed by atoms with Gasteiger partial charge in [0.25, 0.3) is 0 Å². The average Bonchev–Trinajstić information content (AvgIpc) is 2.17. The zero-order valence-electron chi connectivity index (χ0n) is 11.3. The summed E-state index contributed by atoms with van der Waals surface area (Å²) in [7, 11) is 0. The number of hydrogen-bond donors (Lipinski definition) is 0. The molecule has 15 heavy (non-hydrogen) atoms. The van der Waals surface area contributed by atoms with E-state index in [9.17, 15) is 0 Å². The van der Waals surface area contributed by atoms with E-state index in [-0.39, 0.29) is 0 Å². The summed E-state index contributed by atoms with van der Waals surface area (Å²) in [5, 5.41) is 0. The van der Waals surface area contributed by atoms with Crippen molar-refractivity contribution < 1.29 is 0 Å². The van der Waals surface area contributed by atoms with Gasteiger partial charge in [0.15, 0.2) is 0 Å². The molecule has 0 rings (SSSR count). The summed E-state index contributed by atoms with van der Waals surface area (Å²) in [6.45, 7) is 11.1. The molecular weight excluding hydrogens is 180 g/mol. The third-order valence-electron chi connectivity index (χ3n) is 2.97. The average molecular weight is 208 g/mol. The van der Waals surface area contributed by atoms with E-state index < -0.39 is 0 Å². The molecule has 0 heteroatoms. The third-order valence-corrected chi connectivity index (χ3v) is 2.97. The van der Waals surface area contributed by atoms with Crippen LogP contribution in [0.2, 0.25) is 0 Å². The van der Waals surface area contributed by atoms with E-state index in [0.717, 1.165) is 5.92 Å². The minimum atomic E-state index is 0.880. The van der Waals surface area contributed by atoms with Crippen molar-refractivity contribution in [3.8, 4) is 0 Å². The van der Waals surface area contributed by atoms with Gasteiger partial charge in [0.05, 0.1) is 0 Å². The largest absolute Gasteiger partial charge is 0.0887 e. The summed E-state index contributed by atoms with van der Waals surface area (Å²) in [6.07, 6.45) is 11.2. The second-order valence-corrected chi connectivity index (χ2v) is 4.99. The van der Waals surface area contributed by atoms with Crippen LogP contribution in [0.25, 0.3) is 0 Å². The molecule has 0 nitrogen and oxygen atoms in total. The van der Waals surface area contributed by atoms with Crippen molar-refractivity contribution in [3.63, 3.8) is 0 Å². The van der Waals surface area contributed by atoms with Crippen molar-refractivity contribution in [1.82, 2.24) is 0 Å². The lowest BCUT2D eigenvalue weighted by molar-refractivity contribution is 0.478. The molecule has 0 saturated carbocycles. The number of allylic oxidation sites excluding steroid dienone is 4. The van der Waals surface area contributed by atoms with Crippen LogP contribution in [0.5, 0.6) is 0 Å². The van der Waals surface area contributed by atoms with Gasteiger partial charge in [0.1, 0.15) is 0 Å². The van der Waals surface area contributed by atoms with Crippen LogP contribution in [0, 0.1) is 5.92 Å². The van der Waals surface area contributed by atoms with E-state index in [4.69, 9.17) is 0 Å². The summed E-state index contributed by atoms with van der Waals surface area (Å²) < 4.78 is 0. The Morgan fingerprint density at radius 1 is 1.13 bits per heavy atom. The Kier molecular flexibility index (Phi) is 8.46. The van der Waals surface area contributed by atoms with E-state index in [1.807, 2.05) is 0 Å². The summed E-state index contributed by atoms with van der Waals surface area (Å²) >= 11 is 0. The molecule has 1 unspecified atom stereocenters. The van der Waals surface area contributed by atoms with Gasteiger partial charge in [-0.3, -0.25) is 0 Å². The molecule has 0 amide bonds. The van der Waals surface area contributed by atoms with Crippen molar-refractivity contribution in [2.75, 3.05) is 0 Å². The lowest BCUT2D eigenvalue weighted by atomic mass is 9.97. The van der Waals surface area contributed by atoms with Gasteiger partial charge in [0, 0.05) is 0 Å². The highest BCUT2D eigenvalue weighted by molar-refractivity contribution is 4.95. The molecule has 0 N–H and O–H groups in total. The maximum atomic E-state index is 2.38. The standard InChI is InChI=1S/C15H28/c1-6-14(4)10-8-12-15(5)11-7-9-13(2)3/h6,9,15H,7-8,10-12H2,1-5H3/b14-6+. The molecule has 0 aliphatic rings. The molecule has 0 aromatic heterocycles. The second kappa shape index (κ2) is 8.76. The summed E-state index contributed by atoms with van der Waals surface area (Å²) in [6, 6.07) is 0. The minimum Gasteiger partial charge on any atom is -0.0887 e. The number of rotatable bonds is 7. The van der Waals surface area contributed by atoms with E-state index >= 15 is 0 Å². The first-order chi connectivity index (χ1) is 7.06. The first-order valence-corrected chi connectivity index (χ1v) is 6.31. The summed E-state index contributed by atoms with van der Waals surface area (Å²) in [5.74, 6) is 0.880. The van der Waals surface area contributed by atoms with Gasteiger partial charge < -0.3 is 0 Å². The molecule has 0 aromatic rings. The molecule has 0 aliphatic carbocycles. The Bertz CT molecular complexity index is 204. The van der Waals surface area contributed by atoms with E-state index in [1.54, 1.807) is 0 Å². The zero-order valence-corrected chi connectivity index (χ0v) is 11.3. The predicted molar refractivity (Wildman–Crippen MR) is 71.1 cm³/mol. The smallest absolute Gasteiger partial charge is 0.0323 e. The van der Waals surface area contributed by atoms with Gasteiger partial charge in [-0.1, -0.05) is 36.6 Å². The first kappa shape index (κ1) is 14.5. The molecular formula is C15H28. The second-order valence-electron chi connectivity index (χ2n) is 4.99. The molecule has 0 saturated heterocycles. The Balaban J connectivity index is 3.49. The van der Waals surface area contributed by atoms with Crippen LogP contribution in [0.1, 0.15) is 66.7 Å². The number of hydrogen-bond acceptors (Lipinski definition) is 0. The highest BCUT2D eigenvalue weighted by Crippen LogP contribution is 2.17. The molecule has 0 bridgehead atoms. The summed E-state index contributed by atoms with van der Waals surface area (Å²) in [5.41, 5.74) is 2.98. The van der Waals surface area contributed by atoms with Crippen LogP contribution in [-0.4, -0.2) is 0 Å². The van der Waals surface area contributed by atoms with Crippen LogP contribution < -0.4 is 0 Å². The molecule has 0 fully saturated rings. The van der Waals surface area contributed by atoms with Gasteiger partial charge in [-0.15, -0.1) is 0 Å². The molecule has 0 aliphatic heterocycles. The monoisotopic (exact) mass is 208 g/mol. The van der Waals surface area contributed by atoms with Crippen LogP contribution in [0.4, 0.5) is 0 Å². The predicted octanol–water partition coefficient (Wildman–Crippen LogP) is 5.51. The van der Waals surface area contributed by atoms with Crippen LogP contribution in [-0.2, 0) is 0 Å². The van der Waals surface area contributed by atoms with Crippen LogP contribution in [0.3, 0.4) is 0 Å². The lowest BCUT2D eigenvalue weighted by Crippen LogP contribution is -1.94. The van der Waals surface area contributed by atoms with Crippen molar-refractivity contribution in [1.29, 1.82) is 0 Å². The highest BCUT2D eigenvalue weighted by atomic mass is 14.1.